The number of hydrogen-bond donors (Lipinski definition) is 1. The topological polar surface area (TPSA) is 68.5 Å². The molecule has 0 atom stereocenters. The van der Waals surface area contributed by atoms with E-state index in [4.69, 9.17) is 10.5 Å². The predicted molar refractivity (Wildman–Crippen MR) is 70.6 cm³/mol. The summed E-state index contributed by atoms with van der Waals surface area (Å²) in [6.45, 7) is 7.11. The van der Waals surface area contributed by atoms with Crippen LogP contribution in [0.4, 0.5) is 10.8 Å². The Hall–Kier alpha value is -1.30. The quantitative estimate of drug-likeness (QED) is 0.818. The maximum atomic E-state index is 11.7. The van der Waals surface area contributed by atoms with Crippen molar-refractivity contribution in [2.24, 2.45) is 0 Å². The second-order valence-electron chi connectivity index (χ2n) is 4.03. The molecule has 0 unspecified atom stereocenters. The van der Waals surface area contributed by atoms with Crippen LogP contribution in [0.3, 0.4) is 0 Å². The molecule has 0 spiro atoms. The summed E-state index contributed by atoms with van der Waals surface area (Å²) in [6, 6.07) is 0.290. The van der Waals surface area contributed by atoms with Crippen molar-refractivity contribution >= 4 is 28.3 Å². The third kappa shape index (κ3) is 2.88. The Balaban J connectivity index is 3.15. The third-order valence-corrected chi connectivity index (χ3v) is 3.34. The summed E-state index contributed by atoms with van der Waals surface area (Å²) in [5.74, 6) is -0.174. The smallest absolute Gasteiger partial charge is 0.344 e. The Morgan fingerprint density at radius 1 is 1.59 bits per heavy atom. The van der Waals surface area contributed by atoms with Gasteiger partial charge in [0.05, 0.1) is 7.11 Å². The van der Waals surface area contributed by atoms with Crippen molar-refractivity contribution in [1.82, 2.24) is 4.37 Å². The number of nitrogens with two attached hydrogens (primary N) is 1. The first-order valence-corrected chi connectivity index (χ1v) is 6.40. The van der Waals surface area contributed by atoms with Crippen molar-refractivity contribution in [3.8, 4) is 0 Å². The first-order valence-electron chi connectivity index (χ1n) is 5.63. The maximum absolute atomic E-state index is 11.7. The van der Waals surface area contributed by atoms with Crippen molar-refractivity contribution in [2.45, 2.75) is 33.2 Å². The van der Waals surface area contributed by atoms with Gasteiger partial charge in [-0.15, -0.1) is 0 Å². The van der Waals surface area contributed by atoms with Crippen LogP contribution < -0.4 is 10.6 Å². The van der Waals surface area contributed by atoms with Gasteiger partial charge in [-0.25, -0.2) is 4.79 Å². The van der Waals surface area contributed by atoms with E-state index in [1.54, 1.807) is 0 Å². The fraction of sp³-hybridized carbons (Fsp3) is 0.636. The number of carbonyl (C=O) groups excluding carboxylic acids is 1. The van der Waals surface area contributed by atoms with E-state index >= 15 is 0 Å². The molecule has 0 aromatic carbocycles. The molecule has 6 heteroatoms. The summed E-state index contributed by atoms with van der Waals surface area (Å²) in [4.78, 5) is 13.8. The van der Waals surface area contributed by atoms with Crippen LogP contribution in [0.15, 0.2) is 0 Å². The van der Waals surface area contributed by atoms with Gasteiger partial charge in [-0.2, -0.15) is 4.37 Å². The molecule has 0 amide bonds. The molecule has 1 rings (SSSR count). The van der Waals surface area contributed by atoms with E-state index in [2.05, 4.69) is 30.0 Å². The fourth-order valence-electron chi connectivity index (χ4n) is 1.62. The second kappa shape index (κ2) is 5.86. The number of hydrogen-bond acceptors (Lipinski definition) is 6. The third-order valence-electron chi connectivity index (χ3n) is 2.44. The Morgan fingerprint density at radius 2 is 2.24 bits per heavy atom. The molecule has 1 aromatic heterocycles. The number of carbonyl (C=O) groups is 1. The van der Waals surface area contributed by atoms with E-state index in [0.29, 0.717) is 11.6 Å². The molecule has 17 heavy (non-hydrogen) atoms. The molecule has 0 saturated carbocycles. The van der Waals surface area contributed by atoms with Crippen LogP contribution in [-0.2, 0) is 4.74 Å². The lowest BCUT2D eigenvalue weighted by Crippen LogP contribution is -2.32. The summed E-state index contributed by atoms with van der Waals surface area (Å²) in [5.41, 5.74) is 6.11. The molecular weight excluding hydrogens is 238 g/mol. The van der Waals surface area contributed by atoms with E-state index < -0.39 is 5.97 Å². The largest absolute Gasteiger partial charge is 0.465 e. The number of anilines is 2. The molecular formula is C11H19N3O2S. The van der Waals surface area contributed by atoms with Gasteiger partial charge in [-0.3, -0.25) is 0 Å². The van der Waals surface area contributed by atoms with Crippen LogP contribution >= 0.6 is 11.5 Å². The van der Waals surface area contributed by atoms with Gasteiger partial charge in [0.15, 0.2) is 5.82 Å². The van der Waals surface area contributed by atoms with Gasteiger partial charge in [-0.1, -0.05) is 6.92 Å². The maximum Gasteiger partial charge on any atom is 0.344 e. The highest BCUT2D eigenvalue weighted by atomic mass is 32.1. The Kier molecular flexibility index (Phi) is 4.74. The van der Waals surface area contributed by atoms with Crippen molar-refractivity contribution in [1.29, 1.82) is 0 Å². The highest BCUT2D eigenvalue weighted by Gasteiger charge is 2.25. The summed E-state index contributed by atoms with van der Waals surface area (Å²) in [6.07, 6.45) is 0.997. The van der Waals surface area contributed by atoms with Gasteiger partial charge in [0, 0.05) is 12.6 Å². The standard InChI is InChI=1S/C11H19N3O2S/c1-5-6-14(7(2)3)10-8(11(15)16-4)9(12)13-17-10/h7H,5-6H2,1-4H3,(H2,12,13). The molecule has 1 aromatic rings. The summed E-state index contributed by atoms with van der Waals surface area (Å²) in [7, 11) is 1.35. The van der Waals surface area contributed by atoms with Crippen LogP contribution in [0.2, 0.25) is 0 Å². The summed E-state index contributed by atoms with van der Waals surface area (Å²) in [5, 5.41) is 0.797. The Labute approximate surface area is 106 Å². The molecule has 0 fully saturated rings. The van der Waals surface area contributed by atoms with E-state index in [1.807, 2.05) is 0 Å². The minimum absolute atomic E-state index is 0.249. The van der Waals surface area contributed by atoms with Crippen LogP contribution in [0.1, 0.15) is 37.6 Å². The number of nitrogen functional groups attached to an aromatic ring is 1. The highest BCUT2D eigenvalue weighted by molar-refractivity contribution is 7.11. The van der Waals surface area contributed by atoms with Crippen LogP contribution in [0, 0.1) is 0 Å². The van der Waals surface area contributed by atoms with Crippen LogP contribution in [-0.4, -0.2) is 30.0 Å². The van der Waals surface area contributed by atoms with E-state index in [9.17, 15) is 4.79 Å². The van der Waals surface area contributed by atoms with Crippen LogP contribution in [0.5, 0.6) is 0 Å². The first-order chi connectivity index (χ1) is 8.02. The lowest BCUT2D eigenvalue weighted by molar-refractivity contribution is 0.0603. The van der Waals surface area contributed by atoms with Crippen molar-refractivity contribution < 1.29 is 9.53 Å². The number of rotatable bonds is 5. The zero-order valence-electron chi connectivity index (χ0n) is 10.7. The minimum atomic E-state index is -0.423. The SMILES string of the molecule is CCCN(c1snc(N)c1C(=O)OC)C(C)C. The molecule has 0 saturated heterocycles. The van der Waals surface area contributed by atoms with Crippen molar-refractivity contribution in [3.63, 3.8) is 0 Å². The van der Waals surface area contributed by atoms with Gasteiger partial charge >= 0.3 is 5.97 Å². The second-order valence-corrected chi connectivity index (χ2v) is 4.78. The van der Waals surface area contributed by atoms with Gasteiger partial charge < -0.3 is 15.4 Å². The first kappa shape index (κ1) is 13.8. The summed E-state index contributed by atoms with van der Waals surface area (Å²) >= 11 is 1.25. The van der Waals surface area contributed by atoms with Gasteiger partial charge in [0.1, 0.15) is 10.6 Å². The average molecular weight is 257 g/mol. The molecule has 0 aliphatic rings. The number of methoxy groups -OCH3 is 1. The summed E-state index contributed by atoms with van der Waals surface area (Å²) < 4.78 is 8.79. The van der Waals surface area contributed by atoms with E-state index in [-0.39, 0.29) is 5.82 Å². The molecule has 0 aliphatic carbocycles. The molecule has 1 heterocycles. The molecule has 0 radical (unpaired) electrons. The van der Waals surface area contributed by atoms with Crippen molar-refractivity contribution in [3.05, 3.63) is 5.56 Å². The lowest BCUT2D eigenvalue weighted by atomic mass is 10.2. The molecule has 0 aliphatic heterocycles. The van der Waals surface area contributed by atoms with E-state index in [0.717, 1.165) is 18.0 Å². The fourth-order valence-corrected chi connectivity index (χ4v) is 2.58. The lowest BCUT2D eigenvalue weighted by Gasteiger charge is -2.27. The van der Waals surface area contributed by atoms with Crippen molar-refractivity contribution in [2.75, 3.05) is 24.3 Å². The Bertz CT molecular complexity index is 390. The number of aromatic nitrogens is 1. The molecule has 96 valence electrons. The van der Waals surface area contributed by atoms with Gasteiger partial charge in [0.2, 0.25) is 0 Å². The molecule has 0 bridgehead atoms. The minimum Gasteiger partial charge on any atom is -0.465 e. The molecule has 5 nitrogen and oxygen atoms in total. The number of nitrogens with zero attached hydrogens (tertiary/aromatic N) is 2. The van der Waals surface area contributed by atoms with E-state index in [1.165, 1.54) is 18.6 Å². The number of esters is 1. The zero-order valence-corrected chi connectivity index (χ0v) is 11.5. The molecule has 2 N–H and O–H groups in total. The predicted octanol–water partition coefficient (Wildman–Crippen LogP) is 2.14. The Morgan fingerprint density at radius 3 is 2.71 bits per heavy atom. The normalized spacial score (nSPS) is 10.6. The average Bonchev–Trinajstić information content (AvgIpc) is 2.66. The zero-order chi connectivity index (χ0) is 13.0. The monoisotopic (exact) mass is 257 g/mol. The van der Waals surface area contributed by atoms with Crippen LogP contribution in [0.25, 0.3) is 0 Å². The van der Waals surface area contributed by atoms with Gasteiger partial charge in [0.25, 0.3) is 0 Å². The number of ether oxygens (including phenoxy) is 1. The highest BCUT2D eigenvalue weighted by Crippen LogP contribution is 2.32. The van der Waals surface area contributed by atoms with Gasteiger partial charge in [-0.05, 0) is 31.8 Å².